The molecule has 0 saturated carbocycles. The van der Waals surface area contributed by atoms with E-state index in [0.29, 0.717) is 12.8 Å². The van der Waals surface area contributed by atoms with E-state index in [1.165, 1.54) is 49.8 Å². The molecule has 2 aromatic rings. The van der Waals surface area contributed by atoms with Crippen molar-refractivity contribution in [3.8, 4) is 17.6 Å². The first kappa shape index (κ1) is 53.6. The van der Waals surface area contributed by atoms with E-state index in [9.17, 15) is 19.2 Å². The van der Waals surface area contributed by atoms with Crippen LogP contribution in [0.2, 0.25) is 0 Å². The Labute approximate surface area is 353 Å². The largest absolute Gasteiger partial charge is 0.497 e. The van der Waals surface area contributed by atoms with E-state index in [-0.39, 0.29) is 23.6 Å². The van der Waals surface area contributed by atoms with Crippen molar-refractivity contribution in [1.29, 1.82) is 0 Å². The minimum atomic E-state index is -1.17. The number of aryl methyl sites for hydroxylation is 2. The lowest BCUT2D eigenvalue weighted by molar-refractivity contribution is -0.128. The SMILES string of the molecule is CC.CC/C=C(\C)c1cc(OC)ccc1CC.CCCCC.CCN1CCN(C=O)CC1.CC[C@@](C#Cc1ccc(N2C(=O)CCC2C)cc1C)(NC(C)=O)C(C)=O. The molecule has 1 N–H and O–H groups in total. The number of unbranched alkanes of at least 4 members (excludes halogenated alkanes) is 2. The number of rotatable bonds is 12. The van der Waals surface area contributed by atoms with Gasteiger partial charge in [0, 0.05) is 56.8 Å². The Bertz CT molecular complexity index is 1630. The zero-order chi connectivity index (χ0) is 44.3. The van der Waals surface area contributed by atoms with E-state index in [4.69, 9.17) is 4.74 Å². The van der Waals surface area contributed by atoms with Gasteiger partial charge in [-0.15, -0.1) is 0 Å². The quantitative estimate of drug-likeness (QED) is 0.170. The number of nitrogens with one attached hydrogen (secondary N) is 1. The van der Waals surface area contributed by atoms with Gasteiger partial charge in [-0.05, 0) is 113 Å². The second-order valence-electron chi connectivity index (χ2n) is 14.5. The van der Waals surface area contributed by atoms with Gasteiger partial charge in [0.25, 0.3) is 0 Å². The van der Waals surface area contributed by atoms with Crippen LogP contribution < -0.4 is 15.0 Å². The van der Waals surface area contributed by atoms with Crippen molar-refractivity contribution in [3.05, 3.63) is 64.7 Å². The third-order valence-corrected chi connectivity index (χ3v) is 10.2. The van der Waals surface area contributed by atoms with Crippen LogP contribution >= 0.6 is 0 Å². The normalized spacial score (nSPS) is 15.9. The second-order valence-corrected chi connectivity index (χ2v) is 14.5. The number of benzene rings is 2. The molecule has 2 aliphatic heterocycles. The maximum atomic E-state index is 12.1. The van der Waals surface area contributed by atoms with Gasteiger partial charge >= 0.3 is 0 Å². The molecular formula is C49H78N4O5. The van der Waals surface area contributed by atoms with Crippen LogP contribution in [-0.4, -0.2) is 85.2 Å². The van der Waals surface area contributed by atoms with E-state index < -0.39 is 5.54 Å². The number of carbonyl (C=O) groups is 4. The molecule has 0 bridgehead atoms. The summed E-state index contributed by atoms with van der Waals surface area (Å²) in [5, 5.41) is 2.68. The minimum absolute atomic E-state index is 0.142. The van der Waals surface area contributed by atoms with Gasteiger partial charge < -0.3 is 24.8 Å². The lowest BCUT2D eigenvalue weighted by Crippen LogP contribution is -2.51. The van der Waals surface area contributed by atoms with Crippen molar-refractivity contribution in [2.75, 3.05) is 44.7 Å². The maximum absolute atomic E-state index is 12.1. The van der Waals surface area contributed by atoms with Gasteiger partial charge in [-0.3, -0.25) is 19.2 Å². The molecule has 58 heavy (non-hydrogen) atoms. The number of Topliss-reactive ketones (excluding diaryl/α,β-unsaturated/α-hetero) is 1. The van der Waals surface area contributed by atoms with Crippen LogP contribution in [0, 0.1) is 18.8 Å². The molecule has 2 aliphatic rings. The van der Waals surface area contributed by atoms with Gasteiger partial charge in [0.2, 0.25) is 18.2 Å². The highest BCUT2D eigenvalue weighted by atomic mass is 16.5. The molecule has 0 radical (unpaired) electrons. The minimum Gasteiger partial charge on any atom is -0.497 e. The summed E-state index contributed by atoms with van der Waals surface area (Å²) in [6.45, 7) is 30.7. The first-order valence-corrected chi connectivity index (χ1v) is 21.7. The Morgan fingerprint density at radius 1 is 0.948 bits per heavy atom. The van der Waals surface area contributed by atoms with Gasteiger partial charge in [0.15, 0.2) is 11.3 Å². The molecular weight excluding hydrogens is 725 g/mol. The predicted molar refractivity (Wildman–Crippen MR) is 244 cm³/mol. The summed E-state index contributed by atoms with van der Waals surface area (Å²) < 4.78 is 5.26. The summed E-state index contributed by atoms with van der Waals surface area (Å²) >= 11 is 0. The fraction of sp³-hybridized carbons (Fsp3) is 0.592. The highest BCUT2D eigenvalue weighted by molar-refractivity contribution is 5.96. The van der Waals surface area contributed by atoms with Crippen molar-refractivity contribution in [2.24, 2.45) is 0 Å². The number of methoxy groups -OCH3 is 1. The summed E-state index contributed by atoms with van der Waals surface area (Å²) in [4.78, 5) is 51.9. The molecule has 2 saturated heterocycles. The molecule has 4 rings (SSSR count). The molecule has 2 aromatic carbocycles. The van der Waals surface area contributed by atoms with Crippen LogP contribution in [0.25, 0.3) is 5.57 Å². The number of hydrogen-bond donors (Lipinski definition) is 1. The van der Waals surface area contributed by atoms with Crippen LogP contribution in [-0.2, 0) is 25.6 Å². The molecule has 0 spiro atoms. The zero-order valence-electron chi connectivity index (χ0n) is 38.8. The highest BCUT2D eigenvalue weighted by Crippen LogP contribution is 2.28. The second kappa shape index (κ2) is 29.7. The fourth-order valence-electron chi connectivity index (χ4n) is 6.58. The molecule has 0 aliphatic carbocycles. The van der Waals surface area contributed by atoms with Crippen molar-refractivity contribution >= 4 is 35.3 Å². The Morgan fingerprint density at radius 2 is 1.59 bits per heavy atom. The van der Waals surface area contributed by atoms with Gasteiger partial charge in [0.05, 0.1) is 7.11 Å². The van der Waals surface area contributed by atoms with E-state index in [1.807, 2.05) is 68.7 Å². The Morgan fingerprint density at radius 3 is 2.00 bits per heavy atom. The number of ether oxygens (including phenoxy) is 1. The van der Waals surface area contributed by atoms with Crippen LogP contribution in [0.15, 0.2) is 42.5 Å². The van der Waals surface area contributed by atoms with Crippen LogP contribution in [0.1, 0.15) is 150 Å². The zero-order valence-corrected chi connectivity index (χ0v) is 38.8. The number of ketones is 1. The van der Waals surface area contributed by atoms with Crippen molar-refractivity contribution in [3.63, 3.8) is 0 Å². The van der Waals surface area contributed by atoms with Crippen LogP contribution in [0.4, 0.5) is 5.69 Å². The number of nitrogens with zero attached hydrogens (tertiary/aromatic N) is 3. The lowest BCUT2D eigenvalue weighted by Gasteiger charge is -2.31. The molecule has 2 fully saturated rings. The number of allylic oxidation sites excluding steroid dienone is 2. The van der Waals surface area contributed by atoms with Crippen molar-refractivity contribution < 1.29 is 23.9 Å². The monoisotopic (exact) mass is 803 g/mol. The molecule has 1 unspecified atom stereocenters. The highest BCUT2D eigenvalue weighted by Gasteiger charge is 2.32. The number of carbonyl (C=O) groups excluding carboxylic acids is 4. The molecule has 324 valence electrons. The molecule has 2 heterocycles. The average molecular weight is 803 g/mol. The Hall–Kier alpha value is -4.42. The maximum Gasteiger partial charge on any atom is 0.227 e. The number of hydrogen-bond acceptors (Lipinski definition) is 6. The summed E-state index contributed by atoms with van der Waals surface area (Å²) in [5.41, 5.74) is 5.45. The first-order valence-electron chi connectivity index (χ1n) is 21.7. The van der Waals surface area contributed by atoms with E-state index >= 15 is 0 Å². The summed E-state index contributed by atoms with van der Waals surface area (Å²) in [7, 11) is 1.71. The standard InChI is InChI=1S/C21H26N2O3.C14H20O.C7H14N2O.C5H12.C2H6/c1-6-21(16(4)24,22-17(5)25)12-11-18-8-9-19(13-14(18)2)23-15(3)7-10-20(23)26;1-5-7-11(3)14-10-13(15-4)9-8-12(14)6-2;1-2-8-3-5-9(7-10)6-4-8;1-3-5-4-2;1-2/h8-9,13,15H,6-7,10H2,1-5H3,(H,22,25);7-10H,5-6H2,1-4H3;7H,2-6H2,1H3;3-5H2,1-2H3;1-2H3/b;11-7+;;;/t15?,21-;;;;/m0..../s1. The number of likely N-dealkylation sites (N-methyl/N-ethyl adjacent to an activating group) is 1. The number of piperazine rings is 1. The molecule has 3 amide bonds. The molecule has 2 atom stereocenters. The van der Waals surface area contributed by atoms with E-state index in [1.54, 1.807) is 7.11 Å². The molecule has 9 nitrogen and oxygen atoms in total. The summed E-state index contributed by atoms with van der Waals surface area (Å²) in [5.74, 6) is 6.61. The van der Waals surface area contributed by atoms with Crippen LogP contribution in [0.3, 0.4) is 0 Å². The number of amides is 3. The topological polar surface area (TPSA) is 99.3 Å². The lowest BCUT2D eigenvalue weighted by atomic mass is 9.91. The molecule has 9 heteroatoms. The summed E-state index contributed by atoms with van der Waals surface area (Å²) in [6, 6.07) is 12.2. The van der Waals surface area contributed by atoms with Crippen molar-refractivity contribution in [2.45, 2.75) is 153 Å². The van der Waals surface area contributed by atoms with E-state index in [0.717, 1.165) is 81.0 Å². The predicted octanol–water partition coefficient (Wildman–Crippen LogP) is 9.81. The Balaban J connectivity index is 0.000000852. The third-order valence-electron chi connectivity index (χ3n) is 10.2. The Kier molecular flexibility index (Phi) is 27.5. The average Bonchev–Trinajstić information content (AvgIpc) is 3.57. The smallest absolute Gasteiger partial charge is 0.227 e. The van der Waals surface area contributed by atoms with Gasteiger partial charge in [-0.2, -0.15) is 0 Å². The molecule has 0 aromatic heterocycles. The van der Waals surface area contributed by atoms with Crippen LogP contribution in [0.5, 0.6) is 5.75 Å². The third kappa shape index (κ3) is 18.0. The van der Waals surface area contributed by atoms with Gasteiger partial charge in [-0.25, -0.2) is 0 Å². The van der Waals surface area contributed by atoms with Gasteiger partial charge in [-0.1, -0.05) is 98.6 Å². The van der Waals surface area contributed by atoms with Gasteiger partial charge in [0.1, 0.15) is 5.75 Å². The van der Waals surface area contributed by atoms with E-state index in [2.05, 4.69) is 81.8 Å². The van der Waals surface area contributed by atoms with Crippen molar-refractivity contribution in [1.82, 2.24) is 15.1 Å². The fourth-order valence-corrected chi connectivity index (χ4v) is 6.58. The number of anilines is 1. The first-order chi connectivity index (χ1) is 27.7. The summed E-state index contributed by atoms with van der Waals surface area (Å²) in [6.07, 6.45) is 11.3.